The van der Waals surface area contributed by atoms with E-state index in [1.165, 1.54) is 15.8 Å². The summed E-state index contributed by atoms with van der Waals surface area (Å²) in [5, 5.41) is 24.2. The number of aliphatic hydroxyl groups excluding tert-OH is 1. The van der Waals surface area contributed by atoms with Crippen LogP contribution in [0.25, 0.3) is 11.1 Å². The van der Waals surface area contributed by atoms with Crippen LogP contribution >= 0.6 is 0 Å². The van der Waals surface area contributed by atoms with Gasteiger partial charge in [-0.1, -0.05) is 19.9 Å². The van der Waals surface area contributed by atoms with Crippen LogP contribution in [0.2, 0.25) is 0 Å². The van der Waals surface area contributed by atoms with Crippen LogP contribution in [0.3, 0.4) is 0 Å². The van der Waals surface area contributed by atoms with Gasteiger partial charge in [-0.15, -0.1) is 0 Å². The second-order valence-corrected chi connectivity index (χ2v) is 15.2. The molecule has 12 heteroatoms. The Balaban J connectivity index is 1.07. The van der Waals surface area contributed by atoms with Crippen molar-refractivity contribution in [1.29, 1.82) is 5.26 Å². The number of aliphatic hydroxyl groups is 1. The smallest absolute Gasteiger partial charge is 0.275 e. The number of anilines is 4. The maximum atomic E-state index is 14.1. The zero-order valence-electron chi connectivity index (χ0n) is 29.6. The van der Waals surface area contributed by atoms with Crippen LogP contribution < -0.4 is 20.7 Å². The Morgan fingerprint density at radius 3 is 2.59 bits per heavy atom. The summed E-state index contributed by atoms with van der Waals surface area (Å²) in [4.78, 5) is 38.6. The molecular weight excluding hydrogens is 644 g/mol. The lowest BCUT2D eigenvalue weighted by Gasteiger charge is -2.46. The standard InChI is InChI=1S/C39H44N8O4/c1-24-19-44(29-22-51-23-29)9-10-45(24)28-6-8-35(41-18-28)42-32-13-27(20-43(4)37(32)49)30-7-5-25(17-40)36(31(30)21-48)47-12-11-46-33(38(47)50)14-26-15-39(2,3)16-34(26)46/h5-8,13-14,18,20,24,29,48H,9-12,15-16,19,21-23H2,1-4H3,(H,41,42)/t24-/m0/s1. The highest BCUT2D eigenvalue weighted by molar-refractivity contribution is 6.08. The fourth-order valence-electron chi connectivity index (χ4n) is 8.44. The minimum atomic E-state index is -0.397. The van der Waals surface area contributed by atoms with Crippen LogP contribution in [0.15, 0.2) is 53.6 Å². The molecule has 1 aromatic carbocycles. The van der Waals surface area contributed by atoms with Gasteiger partial charge in [-0.2, -0.15) is 5.26 Å². The molecule has 0 spiro atoms. The number of nitrogens with zero attached hydrogens (tertiary/aromatic N) is 7. The van der Waals surface area contributed by atoms with E-state index in [-0.39, 0.29) is 16.9 Å². The molecule has 3 aromatic heterocycles. The van der Waals surface area contributed by atoms with Gasteiger partial charge in [0.1, 0.15) is 23.3 Å². The van der Waals surface area contributed by atoms with Gasteiger partial charge in [0, 0.05) is 68.8 Å². The highest BCUT2D eigenvalue weighted by Crippen LogP contribution is 2.41. The van der Waals surface area contributed by atoms with E-state index in [9.17, 15) is 20.0 Å². The minimum Gasteiger partial charge on any atom is -0.392 e. The average molecular weight is 689 g/mol. The second kappa shape index (κ2) is 12.7. The second-order valence-electron chi connectivity index (χ2n) is 15.2. The number of piperazine rings is 1. The maximum absolute atomic E-state index is 14.1. The number of hydrogen-bond donors (Lipinski definition) is 2. The van der Waals surface area contributed by atoms with Crippen LogP contribution in [0.4, 0.5) is 22.9 Å². The molecule has 3 aliphatic heterocycles. The van der Waals surface area contributed by atoms with Crippen LogP contribution in [0.5, 0.6) is 0 Å². The van der Waals surface area contributed by atoms with Gasteiger partial charge in [0.15, 0.2) is 0 Å². The lowest BCUT2D eigenvalue weighted by Crippen LogP contribution is -2.59. The third-order valence-electron chi connectivity index (χ3n) is 11.1. The van der Waals surface area contributed by atoms with E-state index in [2.05, 4.69) is 51.5 Å². The Kier molecular flexibility index (Phi) is 8.25. The SMILES string of the molecule is C[C@H]1CN(C2COC2)CCN1c1ccc(Nc2cc(-c3ccc(C#N)c(N4CCn5c(cc6c5CC(C)(C)C6)C4=O)c3CO)cn(C)c2=O)nc1. The predicted octanol–water partition coefficient (Wildman–Crippen LogP) is 4.05. The number of fused-ring (bicyclic) bond motifs is 3. The van der Waals surface area contributed by atoms with E-state index >= 15 is 0 Å². The van der Waals surface area contributed by atoms with Crippen molar-refractivity contribution in [3.8, 4) is 17.2 Å². The molecule has 4 aromatic rings. The third-order valence-corrected chi connectivity index (χ3v) is 11.1. The Morgan fingerprint density at radius 1 is 1.08 bits per heavy atom. The fourth-order valence-corrected chi connectivity index (χ4v) is 8.44. The van der Waals surface area contributed by atoms with Crippen molar-refractivity contribution in [2.75, 3.05) is 54.5 Å². The van der Waals surface area contributed by atoms with Gasteiger partial charge in [0.25, 0.3) is 11.5 Å². The number of nitriles is 1. The average Bonchev–Trinajstić information content (AvgIpc) is 3.58. The first-order valence-corrected chi connectivity index (χ1v) is 17.8. The molecule has 4 aliphatic rings. The summed E-state index contributed by atoms with van der Waals surface area (Å²) in [6.07, 6.45) is 5.40. The van der Waals surface area contributed by atoms with Crippen LogP contribution in [0, 0.1) is 16.7 Å². The van der Waals surface area contributed by atoms with E-state index in [0.717, 1.165) is 51.4 Å². The summed E-state index contributed by atoms with van der Waals surface area (Å²) in [5.41, 5.74) is 6.80. The third kappa shape index (κ3) is 5.79. The van der Waals surface area contributed by atoms with Gasteiger partial charge in [-0.25, -0.2) is 4.98 Å². The lowest BCUT2D eigenvalue weighted by atomic mass is 9.90. The van der Waals surface area contributed by atoms with Crippen molar-refractivity contribution in [2.45, 2.75) is 58.8 Å². The monoisotopic (exact) mass is 688 g/mol. The summed E-state index contributed by atoms with van der Waals surface area (Å²) >= 11 is 0. The van der Waals surface area contributed by atoms with Crippen LogP contribution in [0.1, 0.15) is 53.6 Å². The quantitative estimate of drug-likeness (QED) is 0.295. The summed E-state index contributed by atoms with van der Waals surface area (Å²) < 4.78 is 9.01. The van der Waals surface area contributed by atoms with Crippen molar-refractivity contribution in [1.82, 2.24) is 19.0 Å². The number of amides is 1. The Hall–Kier alpha value is -4.96. The van der Waals surface area contributed by atoms with Gasteiger partial charge in [-0.3, -0.25) is 14.5 Å². The molecule has 0 radical (unpaired) electrons. The van der Waals surface area contributed by atoms with E-state index in [1.54, 1.807) is 36.3 Å². The molecule has 6 heterocycles. The summed E-state index contributed by atoms with van der Waals surface area (Å²) in [6.45, 7) is 11.8. The molecular formula is C39H44N8O4. The molecule has 264 valence electrons. The first-order valence-electron chi connectivity index (χ1n) is 17.8. The highest BCUT2D eigenvalue weighted by atomic mass is 16.5. The van der Waals surface area contributed by atoms with Crippen LogP contribution in [-0.2, 0) is 37.8 Å². The van der Waals surface area contributed by atoms with E-state index in [0.29, 0.717) is 70.3 Å². The van der Waals surface area contributed by atoms with Gasteiger partial charge < -0.3 is 34.1 Å². The number of aryl methyl sites for hydroxylation is 1. The number of aromatic nitrogens is 3. The molecule has 51 heavy (non-hydrogen) atoms. The van der Waals surface area contributed by atoms with Gasteiger partial charge >= 0.3 is 0 Å². The minimum absolute atomic E-state index is 0.169. The summed E-state index contributed by atoms with van der Waals surface area (Å²) in [5.74, 6) is 0.351. The van der Waals surface area contributed by atoms with Crippen LogP contribution in [-0.4, -0.2) is 81.5 Å². The normalized spacial score (nSPS) is 20.2. The molecule has 2 fully saturated rings. The topological polar surface area (TPSA) is 132 Å². The number of rotatable bonds is 7. The molecule has 12 nitrogen and oxygen atoms in total. The van der Waals surface area contributed by atoms with Crippen molar-refractivity contribution in [3.05, 3.63) is 87.2 Å². The largest absolute Gasteiger partial charge is 0.392 e. The number of carbonyl (C=O) groups excluding carboxylic acids is 1. The van der Waals surface area contributed by atoms with Crippen molar-refractivity contribution in [3.63, 3.8) is 0 Å². The van der Waals surface area contributed by atoms with Gasteiger partial charge in [0.2, 0.25) is 0 Å². The first-order chi connectivity index (χ1) is 24.5. The number of carbonyl (C=O) groups is 1. The maximum Gasteiger partial charge on any atom is 0.275 e. The van der Waals surface area contributed by atoms with E-state index in [4.69, 9.17) is 4.74 Å². The number of nitrogens with one attached hydrogen (secondary N) is 1. The van der Waals surface area contributed by atoms with Gasteiger partial charge in [0.05, 0.1) is 49.0 Å². The van der Waals surface area contributed by atoms with Crippen molar-refractivity contribution in [2.24, 2.45) is 12.5 Å². The lowest BCUT2D eigenvalue weighted by molar-refractivity contribution is -0.0691. The Morgan fingerprint density at radius 2 is 1.90 bits per heavy atom. The fraction of sp³-hybridized carbons (Fsp3) is 0.436. The van der Waals surface area contributed by atoms with Crippen molar-refractivity contribution < 1.29 is 14.6 Å². The molecule has 1 atom stereocenters. The van der Waals surface area contributed by atoms with E-state index in [1.807, 2.05) is 24.4 Å². The van der Waals surface area contributed by atoms with Gasteiger partial charge in [-0.05, 0) is 66.6 Å². The Labute approximate surface area is 297 Å². The Bertz CT molecular complexity index is 2120. The van der Waals surface area contributed by atoms with Crippen molar-refractivity contribution >= 4 is 28.8 Å². The predicted molar refractivity (Wildman–Crippen MR) is 196 cm³/mol. The molecule has 1 aliphatic carbocycles. The molecule has 0 bridgehead atoms. The molecule has 1 amide bonds. The molecule has 2 saturated heterocycles. The number of hydrogen-bond acceptors (Lipinski definition) is 9. The highest BCUT2D eigenvalue weighted by Gasteiger charge is 2.38. The number of pyridine rings is 2. The summed E-state index contributed by atoms with van der Waals surface area (Å²) in [7, 11) is 1.68. The molecule has 8 rings (SSSR count). The first kappa shape index (κ1) is 33.2. The number of benzene rings is 1. The zero-order chi connectivity index (χ0) is 35.6. The zero-order valence-corrected chi connectivity index (χ0v) is 29.6. The van der Waals surface area contributed by atoms with E-state index < -0.39 is 6.61 Å². The molecule has 0 saturated carbocycles. The molecule has 0 unspecified atom stereocenters. The summed E-state index contributed by atoms with van der Waals surface area (Å²) in [6, 6.07) is 14.2. The number of ether oxygens (including phenoxy) is 1. The molecule has 2 N–H and O–H groups in total.